The molecule has 2 aromatic heterocycles. The highest BCUT2D eigenvalue weighted by Crippen LogP contribution is 2.28. The van der Waals surface area contributed by atoms with E-state index in [1.165, 1.54) is 24.5 Å². The van der Waals surface area contributed by atoms with Crippen LogP contribution in [0.2, 0.25) is 0 Å². The molecule has 0 spiro atoms. The second-order valence-electron chi connectivity index (χ2n) is 5.40. The van der Waals surface area contributed by atoms with Gasteiger partial charge in [-0.1, -0.05) is 0 Å². The number of nitro benzene ring substituents is 1. The highest BCUT2D eigenvalue weighted by molar-refractivity contribution is 5.94. The number of hydrazone groups is 1. The van der Waals surface area contributed by atoms with Crippen LogP contribution in [0.4, 0.5) is 5.69 Å². The third-order valence-electron chi connectivity index (χ3n) is 3.59. The van der Waals surface area contributed by atoms with E-state index in [1.807, 2.05) is 0 Å². The lowest BCUT2D eigenvalue weighted by atomic mass is 10.1. The van der Waals surface area contributed by atoms with Crippen LogP contribution < -0.4 is 5.43 Å². The molecule has 3 aromatic rings. The third kappa shape index (κ3) is 3.81. The van der Waals surface area contributed by atoms with Gasteiger partial charge in [0.15, 0.2) is 0 Å². The topological polar surface area (TPSA) is 111 Å². The molecule has 8 nitrogen and oxygen atoms in total. The molecule has 0 atom stereocenters. The molecule has 0 fully saturated rings. The van der Waals surface area contributed by atoms with Gasteiger partial charge < -0.3 is 4.42 Å². The Hall–Kier alpha value is -3.81. The fraction of sp³-hybridized carbons (Fsp3) is 0.0556. The highest BCUT2D eigenvalue weighted by atomic mass is 16.6. The average molecular weight is 350 g/mol. The molecule has 26 heavy (non-hydrogen) atoms. The van der Waals surface area contributed by atoms with Gasteiger partial charge in [-0.05, 0) is 42.8 Å². The van der Waals surface area contributed by atoms with Crippen molar-refractivity contribution >= 4 is 17.8 Å². The Morgan fingerprint density at radius 3 is 2.85 bits per heavy atom. The first-order chi connectivity index (χ1) is 12.5. The molecule has 130 valence electrons. The quantitative estimate of drug-likeness (QED) is 0.431. The number of aryl methyl sites for hydroxylation is 1. The largest absolute Gasteiger partial charge is 0.455 e. The van der Waals surface area contributed by atoms with Crippen molar-refractivity contribution in [3.63, 3.8) is 0 Å². The number of hydrogen-bond donors (Lipinski definition) is 1. The molecule has 1 amide bonds. The van der Waals surface area contributed by atoms with E-state index in [4.69, 9.17) is 4.42 Å². The fourth-order valence-electron chi connectivity index (χ4n) is 2.32. The van der Waals surface area contributed by atoms with E-state index in [9.17, 15) is 14.9 Å². The number of hydrogen-bond acceptors (Lipinski definition) is 6. The van der Waals surface area contributed by atoms with Gasteiger partial charge in [-0.2, -0.15) is 5.10 Å². The maximum absolute atomic E-state index is 11.8. The van der Waals surface area contributed by atoms with E-state index >= 15 is 0 Å². The monoisotopic (exact) mass is 350 g/mol. The molecular weight excluding hydrogens is 336 g/mol. The zero-order valence-electron chi connectivity index (χ0n) is 13.7. The lowest BCUT2D eigenvalue weighted by Gasteiger charge is -2.02. The van der Waals surface area contributed by atoms with Gasteiger partial charge in [0.05, 0.1) is 16.7 Å². The summed E-state index contributed by atoms with van der Waals surface area (Å²) in [6.45, 7) is 1.77. The van der Waals surface area contributed by atoms with Crippen molar-refractivity contribution in [1.29, 1.82) is 0 Å². The molecule has 0 radical (unpaired) electrons. The summed E-state index contributed by atoms with van der Waals surface area (Å²) in [5.74, 6) is 0.606. The van der Waals surface area contributed by atoms with Crippen LogP contribution in [0.3, 0.4) is 0 Å². The van der Waals surface area contributed by atoms with Crippen LogP contribution >= 0.6 is 0 Å². The maximum Gasteiger partial charge on any atom is 0.272 e. The smallest absolute Gasteiger partial charge is 0.272 e. The minimum absolute atomic E-state index is 0.0257. The lowest BCUT2D eigenvalue weighted by molar-refractivity contribution is -0.384. The summed E-state index contributed by atoms with van der Waals surface area (Å²) in [6, 6.07) is 11.3. The van der Waals surface area contributed by atoms with E-state index in [1.54, 1.807) is 43.5 Å². The normalized spacial score (nSPS) is 10.8. The molecule has 0 aliphatic heterocycles. The summed E-state index contributed by atoms with van der Waals surface area (Å²) in [4.78, 5) is 26.1. The van der Waals surface area contributed by atoms with Crippen LogP contribution in [0.1, 0.15) is 21.7 Å². The second-order valence-corrected chi connectivity index (χ2v) is 5.40. The molecule has 0 saturated heterocycles. The van der Waals surface area contributed by atoms with Crippen molar-refractivity contribution < 1.29 is 14.1 Å². The van der Waals surface area contributed by atoms with E-state index in [0.717, 1.165) is 11.1 Å². The zero-order chi connectivity index (χ0) is 18.5. The third-order valence-corrected chi connectivity index (χ3v) is 3.59. The van der Waals surface area contributed by atoms with Crippen LogP contribution in [0.15, 0.2) is 64.4 Å². The SMILES string of the molecule is Cc1cc([N+](=O)[O-])ccc1-c1ccc(/C=N\NC(=O)c2cccnc2)o1. The number of nitrogens with one attached hydrogen (secondary N) is 1. The van der Waals surface area contributed by atoms with Crippen LogP contribution in [-0.2, 0) is 0 Å². The number of rotatable bonds is 5. The van der Waals surface area contributed by atoms with Crippen LogP contribution in [-0.4, -0.2) is 22.0 Å². The predicted molar refractivity (Wildman–Crippen MR) is 94.8 cm³/mol. The molecule has 0 unspecified atom stereocenters. The number of nitrogens with zero attached hydrogens (tertiary/aromatic N) is 3. The Labute approximate surface area is 148 Å². The van der Waals surface area contributed by atoms with Crippen molar-refractivity contribution in [3.05, 3.63) is 81.9 Å². The van der Waals surface area contributed by atoms with E-state index in [-0.39, 0.29) is 11.6 Å². The number of pyridine rings is 1. The van der Waals surface area contributed by atoms with Gasteiger partial charge in [0.25, 0.3) is 11.6 Å². The molecule has 8 heteroatoms. The number of carbonyl (C=O) groups excluding carboxylic acids is 1. The van der Waals surface area contributed by atoms with Crippen molar-refractivity contribution in [2.24, 2.45) is 5.10 Å². The van der Waals surface area contributed by atoms with Crippen LogP contribution in [0, 0.1) is 17.0 Å². The van der Waals surface area contributed by atoms with Gasteiger partial charge in [0, 0.05) is 30.1 Å². The Kier molecular flexibility index (Phi) is 4.84. The molecule has 1 N–H and O–H groups in total. The fourth-order valence-corrected chi connectivity index (χ4v) is 2.32. The number of amides is 1. The number of benzene rings is 1. The van der Waals surface area contributed by atoms with Crippen molar-refractivity contribution in [2.75, 3.05) is 0 Å². The molecule has 0 aliphatic rings. The number of nitro groups is 1. The molecule has 2 heterocycles. The molecule has 0 bridgehead atoms. The molecular formula is C18H14N4O4. The highest BCUT2D eigenvalue weighted by Gasteiger charge is 2.12. The van der Waals surface area contributed by atoms with E-state index in [0.29, 0.717) is 17.1 Å². The van der Waals surface area contributed by atoms with Gasteiger partial charge in [-0.15, -0.1) is 0 Å². The van der Waals surface area contributed by atoms with Gasteiger partial charge in [-0.25, -0.2) is 5.43 Å². The minimum atomic E-state index is -0.443. The Bertz CT molecular complexity index is 980. The minimum Gasteiger partial charge on any atom is -0.455 e. The first kappa shape index (κ1) is 17.0. The van der Waals surface area contributed by atoms with Crippen molar-refractivity contribution in [2.45, 2.75) is 6.92 Å². The standard InChI is InChI=1S/C18H14N4O4/c1-12-9-14(22(24)25)4-6-16(12)17-7-5-15(26-17)11-20-21-18(23)13-3-2-8-19-10-13/h2-11H,1H3,(H,21,23)/b20-11-. The summed E-state index contributed by atoms with van der Waals surface area (Å²) < 4.78 is 5.66. The van der Waals surface area contributed by atoms with Crippen LogP contribution in [0.5, 0.6) is 0 Å². The van der Waals surface area contributed by atoms with E-state index < -0.39 is 4.92 Å². The lowest BCUT2D eigenvalue weighted by Crippen LogP contribution is -2.17. The molecule has 0 aliphatic carbocycles. The summed E-state index contributed by atoms with van der Waals surface area (Å²) in [5, 5.41) is 14.7. The molecule has 0 saturated carbocycles. The first-order valence-electron chi connectivity index (χ1n) is 7.63. The zero-order valence-corrected chi connectivity index (χ0v) is 13.7. The van der Waals surface area contributed by atoms with Gasteiger partial charge in [-0.3, -0.25) is 19.9 Å². The van der Waals surface area contributed by atoms with Crippen molar-refractivity contribution in [1.82, 2.24) is 10.4 Å². The Morgan fingerprint density at radius 1 is 1.31 bits per heavy atom. The second kappa shape index (κ2) is 7.39. The summed E-state index contributed by atoms with van der Waals surface area (Å²) in [6.07, 6.45) is 4.39. The first-order valence-corrected chi connectivity index (χ1v) is 7.63. The van der Waals surface area contributed by atoms with Crippen LogP contribution in [0.25, 0.3) is 11.3 Å². The van der Waals surface area contributed by atoms with E-state index in [2.05, 4.69) is 15.5 Å². The van der Waals surface area contributed by atoms with Crippen molar-refractivity contribution in [3.8, 4) is 11.3 Å². The van der Waals surface area contributed by atoms with Gasteiger partial charge in [0.2, 0.25) is 0 Å². The molecule has 1 aromatic carbocycles. The van der Waals surface area contributed by atoms with Gasteiger partial charge >= 0.3 is 0 Å². The maximum atomic E-state index is 11.8. The van der Waals surface area contributed by atoms with Gasteiger partial charge in [0.1, 0.15) is 11.5 Å². The number of furan rings is 1. The predicted octanol–water partition coefficient (Wildman–Crippen LogP) is 3.32. The Balaban J connectivity index is 1.70. The number of aromatic nitrogens is 1. The number of carbonyl (C=O) groups is 1. The Morgan fingerprint density at radius 2 is 2.15 bits per heavy atom. The summed E-state index contributed by atoms with van der Waals surface area (Å²) in [5.41, 5.74) is 4.27. The molecule has 3 rings (SSSR count). The summed E-state index contributed by atoms with van der Waals surface area (Å²) >= 11 is 0. The average Bonchev–Trinajstić information content (AvgIpc) is 3.10. The summed E-state index contributed by atoms with van der Waals surface area (Å²) in [7, 11) is 0. The number of non-ortho nitro benzene ring substituents is 1.